The molecule has 9 heavy (non-hydrogen) atoms. The molecule has 0 fully saturated rings. The highest BCUT2D eigenvalue weighted by Crippen LogP contribution is 2.14. The zero-order valence-corrected chi connectivity index (χ0v) is 4.88. The van der Waals surface area contributed by atoms with E-state index in [-0.39, 0.29) is 0 Å². The lowest BCUT2D eigenvalue weighted by molar-refractivity contribution is -0.148. The molecule has 0 radical (unpaired) electrons. The second-order valence-electron chi connectivity index (χ2n) is 1.83. The van der Waals surface area contributed by atoms with Gasteiger partial charge in [0, 0.05) is 8.22 Å². The van der Waals surface area contributed by atoms with E-state index in [0.717, 1.165) is 6.92 Å². The molecule has 0 spiro atoms. The van der Waals surface area contributed by atoms with E-state index in [1.165, 1.54) is 0 Å². The van der Waals surface area contributed by atoms with Crippen LogP contribution in [-0.4, -0.2) is 21.8 Å². The summed E-state index contributed by atoms with van der Waals surface area (Å²) in [6.45, 7) is -5.74. The molecule has 0 aliphatic heterocycles. The minimum absolute atomic E-state index is 0.848. The van der Waals surface area contributed by atoms with Gasteiger partial charge in [-0.05, 0) is 20.6 Å². The van der Waals surface area contributed by atoms with Crippen molar-refractivity contribution in [1.29, 1.82) is 0 Å². The lowest BCUT2D eigenvalue weighted by Gasteiger charge is -2.21. The molecule has 0 aromatic carbocycles. The molecular formula is C6H12O3. The monoisotopic (exact) mass is 138 g/mol. The Bertz CT molecular complexity index is 241. The standard InChI is InChI=1S/C6H12O3/c1-4(5(7)8)6(2,3)9/h4,9H,1-3H3,(H,7,8)/t4-/m1/s1/i2D3,3D3. The molecule has 3 nitrogen and oxygen atoms in total. The molecule has 0 heterocycles. The maximum absolute atomic E-state index is 10.6. The Morgan fingerprint density at radius 2 is 2.22 bits per heavy atom. The van der Waals surface area contributed by atoms with Gasteiger partial charge in [-0.1, -0.05) is 0 Å². The molecule has 0 saturated carbocycles. The van der Waals surface area contributed by atoms with E-state index in [1.54, 1.807) is 0 Å². The molecular weight excluding hydrogens is 120 g/mol. The summed E-state index contributed by atoms with van der Waals surface area (Å²) in [6.07, 6.45) is 0. The largest absolute Gasteiger partial charge is 0.481 e. The number of carboxylic acids is 1. The number of hydrogen-bond donors (Lipinski definition) is 2. The number of rotatable bonds is 2. The van der Waals surface area contributed by atoms with Crippen molar-refractivity contribution in [2.45, 2.75) is 26.2 Å². The van der Waals surface area contributed by atoms with Gasteiger partial charge in [0.15, 0.2) is 0 Å². The fourth-order valence-corrected chi connectivity index (χ4v) is 0.179. The number of aliphatic carboxylic acids is 1. The highest BCUT2D eigenvalue weighted by Gasteiger charge is 2.28. The van der Waals surface area contributed by atoms with Crippen molar-refractivity contribution in [2.24, 2.45) is 5.92 Å². The van der Waals surface area contributed by atoms with Gasteiger partial charge in [0.25, 0.3) is 0 Å². The number of carboxylic acid groups (broad SMARTS) is 1. The lowest BCUT2D eigenvalue weighted by Crippen LogP contribution is -2.34. The van der Waals surface area contributed by atoms with Crippen LogP contribution in [0.3, 0.4) is 0 Å². The van der Waals surface area contributed by atoms with E-state index in [1.807, 2.05) is 0 Å². The first-order valence-electron chi connectivity index (χ1n) is 5.31. The highest BCUT2D eigenvalue weighted by molar-refractivity contribution is 5.70. The Morgan fingerprint density at radius 3 is 2.33 bits per heavy atom. The molecule has 3 heteroatoms. The summed E-state index contributed by atoms with van der Waals surface area (Å²) in [7, 11) is 0. The normalized spacial score (nSPS) is 27.8. The van der Waals surface area contributed by atoms with Crippen molar-refractivity contribution >= 4 is 5.97 Å². The molecule has 0 aromatic rings. The number of aliphatic hydroxyl groups is 1. The predicted molar refractivity (Wildman–Crippen MR) is 33.1 cm³/mol. The number of carbonyl (C=O) groups is 1. The summed E-state index contributed by atoms with van der Waals surface area (Å²) in [4.78, 5) is 10.6. The third-order valence-electron chi connectivity index (χ3n) is 0.997. The first-order chi connectivity index (χ1) is 6.35. The highest BCUT2D eigenvalue weighted by atomic mass is 16.4. The minimum Gasteiger partial charge on any atom is -0.481 e. The molecule has 0 bridgehead atoms. The van der Waals surface area contributed by atoms with Gasteiger partial charge in [-0.15, -0.1) is 0 Å². The van der Waals surface area contributed by atoms with Crippen molar-refractivity contribution in [3.63, 3.8) is 0 Å². The Balaban J connectivity index is 5.53. The van der Waals surface area contributed by atoms with Gasteiger partial charge in [0.05, 0.1) is 11.5 Å². The summed E-state index contributed by atoms with van der Waals surface area (Å²) >= 11 is 0. The quantitative estimate of drug-likeness (QED) is 0.583. The van der Waals surface area contributed by atoms with Gasteiger partial charge in [0.1, 0.15) is 0 Å². The summed E-state index contributed by atoms with van der Waals surface area (Å²) in [5.74, 6) is -3.60. The number of hydrogen-bond acceptors (Lipinski definition) is 2. The molecule has 0 aromatic heterocycles. The third kappa shape index (κ3) is 2.46. The van der Waals surface area contributed by atoms with Crippen LogP contribution in [0.15, 0.2) is 0 Å². The molecule has 0 unspecified atom stereocenters. The fourth-order valence-electron chi connectivity index (χ4n) is 0.179. The van der Waals surface area contributed by atoms with Gasteiger partial charge in [-0.25, -0.2) is 0 Å². The van der Waals surface area contributed by atoms with E-state index in [2.05, 4.69) is 0 Å². The molecule has 0 aliphatic rings. The van der Waals surface area contributed by atoms with Gasteiger partial charge in [-0.2, -0.15) is 0 Å². The van der Waals surface area contributed by atoms with E-state index >= 15 is 0 Å². The van der Waals surface area contributed by atoms with Crippen molar-refractivity contribution in [2.75, 3.05) is 0 Å². The van der Waals surface area contributed by atoms with Crippen LogP contribution in [0.1, 0.15) is 28.9 Å². The van der Waals surface area contributed by atoms with Crippen molar-refractivity contribution in [1.82, 2.24) is 0 Å². The molecule has 1 atom stereocenters. The zero-order chi connectivity index (χ0) is 12.7. The Labute approximate surface area is 62.7 Å². The van der Waals surface area contributed by atoms with Crippen LogP contribution in [0.4, 0.5) is 0 Å². The predicted octanol–water partition coefficient (Wildman–Crippen LogP) is 0.478. The average Bonchev–Trinajstić information content (AvgIpc) is 1.96. The Morgan fingerprint density at radius 1 is 1.78 bits per heavy atom. The molecule has 54 valence electrons. The summed E-state index contributed by atoms with van der Waals surface area (Å²) in [5, 5.41) is 18.2. The second-order valence-corrected chi connectivity index (χ2v) is 1.83. The van der Waals surface area contributed by atoms with Crippen LogP contribution >= 0.6 is 0 Å². The van der Waals surface area contributed by atoms with Crippen LogP contribution < -0.4 is 0 Å². The Kier molecular flexibility index (Phi) is 0.674. The topological polar surface area (TPSA) is 57.5 Å². The maximum Gasteiger partial charge on any atom is 0.309 e. The van der Waals surface area contributed by atoms with Crippen molar-refractivity contribution in [3.05, 3.63) is 0 Å². The van der Waals surface area contributed by atoms with Crippen LogP contribution in [-0.2, 0) is 4.79 Å². The van der Waals surface area contributed by atoms with Gasteiger partial charge in [-0.3, -0.25) is 4.79 Å². The maximum atomic E-state index is 10.6. The molecule has 2 N–H and O–H groups in total. The van der Waals surface area contributed by atoms with Crippen LogP contribution in [0.25, 0.3) is 0 Å². The van der Waals surface area contributed by atoms with E-state index < -0.39 is 31.2 Å². The van der Waals surface area contributed by atoms with Gasteiger partial charge < -0.3 is 10.2 Å². The summed E-state index contributed by atoms with van der Waals surface area (Å²) in [5.41, 5.74) is -3.24. The molecule has 0 rings (SSSR count). The summed E-state index contributed by atoms with van der Waals surface area (Å²) in [6, 6.07) is 0. The van der Waals surface area contributed by atoms with Crippen molar-refractivity contribution in [3.8, 4) is 0 Å². The fraction of sp³-hybridized carbons (Fsp3) is 0.833. The van der Waals surface area contributed by atoms with Crippen LogP contribution in [0.5, 0.6) is 0 Å². The van der Waals surface area contributed by atoms with Crippen molar-refractivity contribution < 1.29 is 23.2 Å². The third-order valence-corrected chi connectivity index (χ3v) is 0.997. The first-order valence-corrected chi connectivity index (χ1v) is 2.31. The summed E-state index contributed by atoms with van der Waals surface area (Å²) < 4.78 is 41.6. The second kappa shape index (κ2) is 2.35. The van der Waals surface area contributed by atoms with E-state index in [0.29, 0.717) is 0 Å². The Hall–Kier alpha value is -0.570. The smallest absolute Gasteiger partial charge is 0.309 e. The molecule has 0 aliphatic carbocycles. The van der Waals surface area contributed by atoms with E-state index in [9.17, 15) is 9.90 Å². The zero-order valence-electron chi connectivity index (χ0n) is 10.9. The first kappa shape index (κ1) is 2.58. The SMILES string of the molecule is [2H]C([2H])([2H])C(O)([C@H](C)C(=O)O)C([2H])([2H])[2H]. The molecule has 0 saturated heterocycles. The van der Waals surface area contributed by atoms with Gasteiger partial charge in [0.2, 0.25) is 0 Å². The van der Waals surface area contributed by atoms with Crippen LogP contribution in [0, 0.1) is 5.92 Å². The molecule has 0 amide bonds. The van der Waals surface area contributed by atoms with Crippen LogP contribution in [0.2, 0.25) is 0 Å². The van der Waals surface area contributed by atoms with Gasteiger partial charge >= 0.3 is 5.97 Å². The van der Waals surface area contributed by atoms with E-state index in [4.69, 9.17) is 13.3 Å². The lowest BCUT2D eigenvalue weighted by atomic mass is 9.93. The minimum atomic E-state index is -3.30. The average molecular weight is 138 g/mol.